The van der Waals surface area contributed by atoms with E-state index in [1.165, 1.54) is 12.1 Å². The highest BCUT2D eigenvalue weighted by Gasteiger charge is 2.27. The standard InChI is InChI=1S/C11H11N5O2/c12-15-11-8-4-3-7(16(17)18)5-9(8)13-10(14-11)6-1-2-6/h3-6H,1-2,12H2,(H,13,14,15). The van der Waals surface area contributed by atoms with Crippen LogP contribution >= 0.6 is 0 Å². The Bertz CT molecular complexity index is 639. The van der Waals surface area contributed by atoms with Crippen LogP contribution in [0.3, 0.4) is 0 Å². The molecule has 92 valence electrons. The lowest BCUT2D eigenvalue weighted by atomic mass is 10.2. The fourth-order valence-corrected chi connectivity index (χ4v) is 1.88. The highest BCUT2D eigenvalue weighted by Crippen LogP contribution is 2.39. The molecule has 1 aliphatic carbocycles. The van der Waals surface area contributed by atoms with Crippen LogP contribution < -0.4 is 11.3 Å². The summed E-state index contributed by atoms with van der Waals surface area (Å²) < 4.78 is 0. The number of nitrogens with zero attached hydrogens (tertiary/aromatic N) is 3. The van der Waals surface area contributed by atoms with Gasteiger partial charge in [-0.2, -0.15) is 0 Å². The number of benzene rings is 1. The Kier molecular flexibility index (Phi) is 2.34. The molecule has 7 heteroatoms. The van der Waals surface area contributed by atoms with Crippen LogP contribution in [0.25, 0.3) is 10.9 Å². The summed E-state index contributed by atoms with van der Waals surface area (Å²) in [5, 5.41) is 11.4. The molecule has 7 nitrogen and oxygen atoms in total. The van der Waals surface area contributed by atoms with Crippen LogP contribution in [-0.4, -0.2) is 14.9 Å². The van der Waals surface area contributed by atoms with Crippen molar-refractivity contribution in [2.24, 2.45) is 5.84 Å². The Labute approximate surface area is 102 Å². The Morgan fingerprint density at radius 3 is 2.78 bits per heavy atom. The zero-order valence-corrected chi connectivity index (χ0v) is 9.46. The van der Waals surface area contributed by atoms with Crippen LogP contribution in [0.2, 0.25) is 0 Å². The number of fused-ring (bicyclic) bond motifs is 1. The van der Waals surface area contributed by atoms with E-state index < -0.39 is 4.92 Å². The summed E-state index contributed by atoms with van der Waals surface area (Å²) in [4.78, 5) is 19.0. The normalized spacial score (nSPS) is 14.7. The largest absolute Gasteiger partial charge is 0.308 e. The molecule has 2 aromatic rings. The minimum absolute atomic E-state index is 0.0194. The van der Waals surface area contributed by atoms with Gasteiger partial charge in [-0.25, -0.2) is 15.8 Å². The average Bonchev–Trinajstić information content (AvgIpc) is 3.20. The predicted octanol–water partition coefficient (Wildman–Crippen LogP) is 1.70. The first kappa shape index (κ1) is 10.8. The Hall–Kier alpha value is -2.28. The second-order valence-electron chi connectivity index (χ2n) is 4.31. The van der Waals surface area contributed by atoms with E-state index in [9.17, 15) is 10.1 Å². The number of hydrogen-bond acceptors (Lipinski definition) is 6. The first-order valence-electron chi connectivity index (χ1n) is 5.62. The molecular formula is C11H11N5O2. The fraction of sp³-hybridized carbons (Fsp3) is 0.273. The third-order valence-electron chi connectivity index (χ3n) is 2.99. The van der Waals surface area contributed by atoms with E-state index in [1.54, 1.807) is 6.07 Å². The number of hydrazine groups is 1. The van der Waals surface area contributed by atoms with E-state index >= 15 is 0 Å². The van der Waals surface area contributed by atoms with Crippen LogP contribution in [0, 0.1) is 10.1 Å². The lowest BCUT2D eigenvalue weighted by Gasteiger charge is -2.07. The van der Waals surface area contributed by atoms with Crippen molar-refractivity contribution >= 4 is 22.4 Å². The van der Waals surface area contributed by atoms with Gasteiger partial charge in [0.15, 0.2) is 5.82 Å². The Morgan fingerprint density at radius 2 is 2.17 bits per heavy atom. The quantitative estimate of drug-likeness (QED) is 0.484. The van der Waals surface area contributed by atoms with Crippen LogP contribution in [0.4, 0.5) is 11.5 Å². The van der Waals surface area contributed by atoms with Crippen LogP contribution in [0.1, 0.15) is 24.6 Å². The summed E-state index contributed by atoms with van der Waals surface area (Å²) in [7, 11) is 0. The van der Waals surface area contributed by atoms with Crippen LogP contribution in [0.15, 0.2) is 18.2 Å². The van der Waals surface area contributed by atoms with Crippen molar-refractivity contribution < 1.29 is 4.92 Å². The number of nitrogens with one attached hydrogen (secondary N) is 1. The zero-order chi connectivity index (χ0) is 12.7. The smallest absolute Gasteiger partial charge is 0.271 e. The molecule has 0 unspecified atom stereocenters. The summed E-state index contributed by atoms with van der Waals surface area (Å²) in [5.74, 6) is 7.01. The lowest BCUT2D eigenvalue weighted by Crippen LogP contribution is -2.11. The molecular weight excluding hydrogens is 234 g/mol. The summed E-state index contributed by atoms with van der Waals surface area (Å²) in [5.41, 5.74) is 3.09. The number of nitrogens with two attached hydrogens (primary N) is 1. The molecule has 1 aromatic carbocycles. The van der Waals surface area contributed by atoms with Crippen molar-refractivity contribution in [1.29, 1.82) is 0 Å². The average molecular weight is 245 g/mol. The van der Waals surface area contributed by atoms with Gasteiger partial charge < -0.3 is 5.43 Å². The van der Waals surface area contributed by atoms with E-state index in [0.717, 1.165) is 12.8 Å². The Morgan fingerprint density at radius 1 is 1.39 bits per heavy atom. The van der Waals surface area contributed by atoms with Gasteiger partial charge in [0.1, 0.15) is 5.82 Å². The molecule has 18 heavy (non-hydrogen) atoms. The number of non-ortho nitro benzene ring substituents is 1. The summed E-state index contributed by atoms with van der Waals surface area (Å²) in [6, 6.07) is 4.48. The molecule has 3 rings (SSSR count). The molecule has 1 aliphatic rings. The van der Waals surface area contributed by atoms with Crippen LogP contribution in [0.5, 0.6) is 0 Å². The van der Waals surface area contributed by atoms with Crippen molar-refractivity contribution in [3.05, 3.63) is 34.1 Å². The fourth-order valence-electron chi connectivity index (χ4n) is 1.88. The second-order valence-corrected chi connectivity index (χ2v) is 4.31. The van der Waals surface area contributed by atoms with Gasteiger partial charge in [0.2, 0.25) is 0 Å². The van der Waals surface area contributed by atoms with Crippen molar-refractivity contribution in [3.8, 4) is 0 Å². The van der Waals surface area contributed by atoms with E-state index in [0.29, 0.717) is 28.5 Å². The van der Waals surface area contributed by atoms with Crippen molar-refractivity contribution in [2.45, 2.75) is 18.8 Å². The van der Waals surface area contributed by atoms with Gasteiger partial charge in [-0.3, -0.25) is 10.1 Å². The number of hydrogen-bond donors (Lipinski definition) is 2. The minimum Gasteiger partial charge on any atom is -0.308 e. The van der Waals surface area contributed by atoms with Crippen molar-refractivity contribution in [3.63, 3.8) is 0 Å². The molecule has 0 radical (unpaired) electrons. The highest BCUT2D eigenvalue weighted by atomic mass is 16.6. The van der Waals surface area contributed by atoms with E-state index in [-0.39, 0.29) is 5.69 Å². The molecule has 0 bridgehead atoms. The minimum atomic E-state index is -0.437. The van der Waals surface area contributed by atoms with E-state index in [1.807, 2.05) is 0 Å². The SMILES string of the molecule is NNc1nc(C2CC2)nc2cc([N+](=O)[O-])ccc12. The number of anilines is 1. The number of nitro groups is 1. The maximum absolute atomic E-state index is 10.8. The number of nitrogen functional groups attached to an aromatic ring is 1. The summed E-state index contributed by atoms with van der Waals surface area (Å²) >= 11 is 0. The lowest BCUT2D eigenvalue weighted by molar-refractivity contribution is -0.384. The van der Waals surface area contributed by atoms with E-state index in [4.69, 9.17) is 5.84 Å². The maximum atomic E-state index is 10.8. The van der Waals surface area contributed by atoms with Gasteiger partial charge in [-0.15, -0.1) is 0 Å². The molecule has 1 aromatic heterocycles. The third kappa shape index (κ3) is 1.74. The number of nitro benzene ring substituents is 1. The molecule has 0 atom stereocenters. The summed E-state index contributed by atoms with van der Waals surface area (Å²) in [6.45, 7) is 0. The maximum Gasteiger partial charge on any atom is 0.271 e. The van der Waals surface area contributed by atoms with Crippen molar-refractivity contribution in [2.75, 3.05) is 5.43 Å². The molecule has 0 amide bonds. The third-order valence-corrected chi connectivity index (χ3v) is 2.99. The Balaban J connectivity index is 2.22. The molecule has 0 spiro atoms. The molecule has 1 fully saturated rings. The molecule has 1 saturated carbocycles. The molecule has 3 N–H and O–H groups in total. The van der Waals surface area contributed by atoms with Gasteiger partial charge in [0.05, 0.1) is 10.4 Å². The topological polar surface area (TPSA) is 107 Å². The molecule has 0 aliphatic heterocycles. The van der Waals surface area contributed by atoms with Crippen LogP contribution in [-0.2, 0) is 0 Å². The van der Waals surface area contributed by atoms with Gasteiger partial charge >= 0.3 is 0 Å². The summed E-state index contributed by atoms with van der Waals surface area (Å²) in [6.07, 6.45) is 2.12. The van der Waals surface area contributed by atoms with Gasteiger partial charge in [-0.1, -0.05) is 0 Å². The van der Waals surface area contributed by atoms with Gasteiger partial charge in [0.25, 0.3) is 5.69 Å². The van der Waals surface area contributed by atoms with Crippen molar-refractivity contribution in [1.82, 2.24) is 9.97 Å². The zero-order valence-electron chi connectivity index (χ0n) is 9.46. The first-order chi connectivity index (χ1) is 8.69. The highest BCUT2D eigenvalue weighted by molar-refractivity contribution is 5.90. The predicted molar refractivity (Wildman–Crippen MR) is 66.0 cm³/mol. The molecule has 0 saturated heterocycles. The monoisotopic (exact) mass is 245 g/mol. The van der Waals surface area contributed by atoms with Gasteiger partial charge in [-0.05, 0) is 18.9 Å². The second kappa shape index (κ2) is 3.88. The number of rotatable bonds is 3. The number of aromatic nitrogens is 2. The van der Waals surface area contributed by atoms with E-state index in [2.05, 4.69) is 15.4 Å². The first-order valence-corrected chi connectivity index (χ1v) is 5.62. The molecule has 1 heterocycles. The van der Waals surface area contributed by atoms with Gasteiger partial charge in [0, 0.05) is 23.4 Å².